The minimum atomic E-state index is -4.82. The Hall–Kier alpha value is -3.16. The van der Waals surface area contributed by atoms with Crippen molar-refractivity contribution < 1.29 is 22.7 Å². The molecule has 0 N–H and O–H groups in total. The molecule has 5 nitrogen and oxygen atoms in total. The third kappa shape index (κ3) is 3.12. The molecule has 3 aromatic rings. The molecule has 0 saturated carbocycles. The summed E-state index contributed by atoms with van der Waals surface area (Å²) in [4.78, 5) is 12.2. The number of ether oxygens (including phenoxy) is 1. The van der Waals surface area contributed by atoms with Crippen molar-refractivity contribution in [2.24, 2.45) is 0 Å². The van der Waals surface area contributed by atoms with Gasteiger partial charge in [-0.05, 0) is 12.1 Å². The quantitative estimate of drug-likeness (QED) is 0.542. The van der Waals surface area contributed by atoms with Crippen LogP contribution in [0, 0.1) is 0 Å². The van der Waals surface area contributed by atoms with Gasteiger partial charge in [0, 0.05) is 5.56 Å². The van der Waals surface area contributed by atoms with Gasteiger partial charge < -0.3 is 4.74 Å². The van der Waals surface area contributed by atoms with Crippen LogP contribution in [0.2, 0.25) is 0 Å². The predicted molar refractivity (Wildman–Crippen MR) is 78.2 cm³/mol. The zero-order chi connectivity index (χ0) is 17.2. The van der Waals surface area contributed by atoms with E-state index in [-0.39, 0.29) is 16.0 Å². The Morgan fingerprint density at radius 1 is 0.958 bits per heavy atom. The topological polar surface area (TPSA) is 57.0 Å². The third-order valence-electron chi connectivity index (χ3n) is 3.10. The van der Waals surface area contributed by atoms with E-state index in [4.69, 9.17) is 4.74 Å². The number of carbonyl (C=O) groups excluding carboxylic acids is 1. The van der Waals surface area contributed by atoms with Gasteiger partial charge in [0.2, 0.25) is 0 Å². The van der Waals surface area contributed by atoms with Crippen molar-refractivity contribution in [3.05, 3.63) is 66.4 Å². The Balaban J connectivity index is 2.05. The number of esters is 1. The maximum atomic E-state index is 13.1. The largest absolute Gasteiger partial charge is 0.506 e. The third-order valence-corrected chi connectivity index (χ3v) is 3.10. The van der Waals surface area contributed by atoms with Crippen molar-refractivity contribution in [1.29, 1.82) is 0 Å². The summed E-state index contributed by atoms with van der Waals surface area (Å²) in [6, 6.07) is 15.6. The number of alkyl halides is 3. The molecule has 1 aromatic heterocycles. The van der Waals surface area contributed by atoms with Crippen molar-refractivity contribution in [2.75, 3.05) is 0 Å². The fraction of sp³-hybridized carbons (Fsp3) is 0.0625. The second-order valence-electron chi connectivity index (χ2n) is 4.73. The first kappa shape index (κ1) is 15.7. The summed E-state index contributed by atoms with van der Waals surface area (Å²) in [5.74, 6) is -0.821. The molecule has 0 bridgehead atoms. The summed E-state index contributed by atoms with van der Waals surface area (Å²) in [7, 11) is 0. The van der Waals surface area contributed by atoms with Crippen LogP contribution in [0.25, 0.3) is 11.3 Å². The molecule has 0 radical (unpaired) electrons. The molecule has 8 heteroatoms. The number of rotatable bonds is 3. The first-order valence-corrected chi connectivity index (χ1v) is 6.82. The van der Waals surface area contributed by atoms with Crippen molar-refractivity contribution in [3.8, 4) is 17.0 Å². The highest BCUT2D eigenvalue weighted by molar-refractivity contribution is 5.95. The number of aromatic nitrogens is 3. The van der Waals surface area contributed by atoms with E-state index in [0.29, 0.717) is 0 Å². The summed E-state index contributed by atoms with van der Waals surface area (Å²) in [5, 5.41) is 6.44. The molecule has 0 unspecified atom stereocenters. The van der Waals surface area contributed by atoms with Crippen LogP contribution in [-0.4, -0.2) is 21.0 Å². The van der Waals surface area contributed by atoms with Crippen molar-refractivity contribution >= 4 is 5.97 Å². The van der Waals surface area contributed by atoms with Gasteiger partial charge in [0.05, 0.1) is 0 Å². The van der Waals surface area contributed by atoms with E-state index in [1.807, 2.05) is 0 Å². The zero-order valence-corrected chi connectivity index (χ0v) is 12.1. The first-order chi connectivity index (χ1) is 11.5. The number of nitrogens with zero attached hydrogens (tertiary/aromatic N) is 3. The van der Waals surface area contributed by atoms with Gasteiger partial charge in [-0.2, -0.15) is 0 Å². The molecule has 0 fully saturated rings. The highest BCUT2D eigenvalue weighted by Crippen LogP contribution is 2.31. The van der Waals surface area contributed by atoms with E-state index in [1.54, 1.807) is 36.4 Å². The van der Waals surface area contributed by atoms with Crippen LogP contribution in [0.15, 0.2) is 60.7 Å². The lowest BCUT2D eigenvalue weighted by Crippen LogP contribution is -2.20. The van der Waals surface area contributed by atoms with Gasteiger partial charge in [-0.15, -0.1) is 23.0 Å². The Kier molecular flexibility index (Phi) is 4.03. The molecule has 0 saturated heterocycles. The van der Waals surface area contributed by atoms with Gasteiger partial charge in [-0.1, -0.05) is 53.7 Å². The minimum absolute atomic E-state index is 0.153. The molecule has 0 amide bonds. The van der Waals surface area contributed by atoms with E-state index in [1.165, 1.54) is 24.3 Å². The number of hydrogen-bond acceptors (Lipinski definition) is 4. The van der Waals surface area contributed by atoms with Crippen molar-refractivity contribution in [1.82, 2.24) is 15.0 Å². The fourth-order valence-corrected chi connectivity index (χ4v) is 2.10. The SMILES string of the molecule is O=C(Oc1ccccc1)c1nnn(C(F)(F)F)c1-c1ccccc1. The van der Waals surface area contributed by atoms with Gasteiger partial charge in [0.15, 0.2) is 5.69 Å². The second kappa shape index (κ2) is 6.15. The molecule has 0 aliphatic carbocycles. The lowest BCUT2D eigenvalue weighted by molar-refractivity contribution is -0.211. The summed E-state index contributed by atoms with van der Waals surface area (Å²) in [5.41, 5.74) is -0.828. The number of halogens is 3. The molecule has 0 aliphatic rings. The van der Waals surface area contributed by atoms with E-state index in [0.717, 1.165) is 0 Å². The van der Waals surface area contributed by atoms with Crippen LogP contribution in [0.5, 0.6) is 5.75 Å². The lowest BCUT2D eigenvalue weighted by atomic mass is 10.1. The zero-order valence-electron chi connectivity index (χ0n) is 12.1. The van der Waals surface area contributed by atoms with E-state index >= 15 is 0 Å². The maximum absolute atomic E-state index is 13.1. The maximum Gasteiger partial charge on any atom is 0.506 e. The van der Waals surface area contributed by atoms with E-state index < -0.39 is 23.7 Å². The first-order valence-electron chi connectivity index (χ1n) is 6.82. The Morgan fingerprint density at radius 3 is 2.12 bits per heavy atom. The lowest BCUT2D eigenvalue weighted by Gasteiger charge is -2.10. The normalized spacial score (nSPS) is 11.3. The standard InChI is InChI=1S/C16H10F3N3O2/c17-16(18,19)22-14(11-7-3-1-4-8-11)13(20-21-22)15(23)24-12-9-5-2-6-10-12/h1-10H. The van der Waals surface area contributed by atoms with E-state index in [2.05, 4.69) is 10.3 Å². The summed E-state index contributed by atoms with van der Waals surface area (Å²) < 4.78 is 44.3. The van der Waals surface area contributed by atoms with Gasteiger partial charge in [-0.25, -0.2) is 4.79 Å². The van der Waals surface area contributed by atoms with Gasteiger partial charge in [0.25, 0.3) is 0 Å². The van der Waals surface area contributed by atoms with E-state index in [9.17, 15) is 18.0 Å². The van der Waals surface area contributed by atoms with Crippen LogP contribution in [0.1, 0.15) is 10.5 Å². The smallest absolute Gasteiger partial charge is 0.422 e. The van der Waals surface area contributed by atoms with Crippen LogP contribution in [0.4, 0.5) is 13.2 Å². The molecular formula is C16H10F3N3O2. The predicted octanol–water partition coefficient (Wildman–Crippen LogP) is 3.64. The average Bonchev–Trinajstić information content (AvgIpc) is 3.02. The Labute approximate surface area is 134 Å². The highest BCUT2D eigenvalue weighted by atomic mass is 19.4. The molecule has 24 heavy (non-hydrogen) atoms. The summed E-state index contributed by atoms with van der Waals surface area (Å²) in [6.45, 7) is 0. The van der Waals surface area contributed by atoms with Crippen LogP contribution < -0.4 is 4.74 Å². The number of hydrogen-bond donors (Lipinski definition) is 0. The van der Waals surface area contributed by atoms with Gasteiger partial charge in [0.1, 0.15) is 11.4 Å². The molecule has 1 heterocycles. The van der Waals surface area contributed by atoms with Crippen LogP contribution in [0.3, 0.4) is 0 Å². The Morgan fingerprint density at radius 2 is 1.54 bits per heavy atom. The van der Waals surface area contributed by atoms with Crippen molar-refractivity contribution in [3.63, 3.8) is 0 Å². The van der Waals surface area contributed by atoms with Gasteiger partial charge >= 0.3 is 12.3 Å². The average molecular weight is 333 g/mol. The molecule has 2 aromatic carbocycles. The number of para-hydroxylation sites is 1. The van der Waals surface area contributed by atoms with Crippen LogP contribution in [-0.2, 0) is 6.30 Å². The summed E-state index contributed by atoms with van der Waals surface area (Å²) >= 11 is 0. The monoisotopic (exact) mass is 333 g/mol. The van der Waals surface area contributed by atoms with Gasteiger partial charge in [-0.3, -0.25) is 0 Å². The Bertz CT molecular complexity index is 846. The molecule has 0 aliphatic heterocycles. The molecule has 122 valence electrons. The summed E-state index contributed by atoms with van der Waals surface area (Å²) in [6.07, 6.45) is -4.82. The number of carbonyl (C=O) groups is 1. The number of benzene rings is 2. The fourth-order valence-electron chi connectivity index (χ4n) is 2.10. The molecular weight excluding hydrogens is 323 g/mol. The second-order valence-corrected chi connectivity index (χ2v) is 4.73. The molecule has 0 spiro atoms. The van der Waals surface area contributed by atoms with Crippen molar-refractivity contribution in [2.45, 2.75) is 6.30 Å². The molecule has 0 atom stereocenters. The molecule has 3 rings (SSSR count). The highest BCUT2D eigenvalue weighted by Gasteiger charge is 2.38. The van der Waals surface area contributed by atoms with Crippen LogP contribution >= 0.6 is 0 Å². The minimum Gasteiger partial charge on any atom is -0.422 e.